The summed E-state index contributed by atoms with van der Waals surface area (Å²) in [5.74, 6) is -0.217. The van der Waals surface area contributed by atoms with Gasteiger partial charge in [0.2, 0.25) is 0 Å². The van der Waals surface area contributed by atoms with E-state index in [1.54, 1.807) is 29.7 Å². The Morgan fingerprint density at radius 3 is 2.90 bits per heavy atom. The number of nitrogens with one attached hydrogen (secondary N) is 1. The van der Waals surface area contributed by atoms with E-state index in [2.05, 4.69) is 10.5 Å². The lowest BCUT2D eigenvalue weighted by atomic mass is 10.2. The minimum atomic E-state index is -0.217. The number of carbonyl (C=O) groups excluding carboxylic acids is 1. The van der Waals surface area contributed by atoms with Crippen LogP contribution in [0, 0.1) is 0 Å². The lowest BCUT2D eigenvalue weighted by Gasteiger charge is -1.98. The Kier molecular flexibility index (Phi) is 3.99. The molecule has 0 spiro atoms. The monoisotopic (exact) mass is 314 g/mol. The number of rotatable bonds is 3. The highest BCUT2D eigenvalue weighted by molar-refractivity contribution is 7.17. The molecule has 5 heteroatoms. The molecule has 104 valence electrons. The lowest BCUT2D eigenvalue weighted by molar-refractivity contribution is 0.0957. The molecule has 0 saturated heterocycles. The molecule has 0 atom stereocenters. The van der Waals surface area contributed by atoms with Gasteiger partial charge in [-0.2, -0.15) is 5.10 Å². The molecular formula is C16H11ClN2OS. The van der Waals surface area contributed by atoms with E-state index in [0.717, 1.165) is 15.6 Å². The first-order valence-corrected chi connectivity index (χ1v) is 7.55. The molecule has 0 radical (unpaired) electrons. The fourth-order valence-electron chi connectivity index (χ4n) is 1.97. The average molecular weight is 315 g/mol. The summed E-state index contributed by atoms with van der Waals surface area (Å²) >= 11 is 7.43. The fraction of sp³-hybridized carbons (Fsp3) is 0. The van der Waals surface area contributed by atoms with Crippen LogP contribution in [-0.2, 0) is 0 Å². The van der Waals surface area contributed by atoms with Crippen molar-refractivity contribution < 1.29 is 4.79 Å². The summed E-state index contributed by atoms with van der Waals surface area (Å²) in [6, 6.07) is 15.1. The first kappa shape index (κ1) is 13.8. The van der Waals surface area contributed by atoms with Crippen LogP contribution in [0.15, 0.2) is 59.0 Å². The Morgan fingerprint density at radius 2 is 2.05 bits per heavy atom. The normalized spacial score (nSPS) is 11.1. The van der Waals surface area contributed by atoms with Crippen LogP contribution in [0.1, 0.15) is 15.9 Å². The number of thiophene rings is 1. The molecule has 1 aromatic heterocycles. The van der Waals surface area contributed by atoms with Crippen molar-refractivity contribution in [2.24, 2.45) is 5.10 Å². The van der Waals surface area contributed by atoms with Crippen molar-refractivity contribution >= 4 is 45.1 Å². The van der Waals surface area contributed by atoms with Crippen molar-refractivity contribution in [3.63, 3.8) is 0 Å². The second-order valence-electron chi connectivity index (χ2n) is 4.40. The van der Waals surface area contributed by atoms with Gasteiger partial charge in [-0.3, -0.25) is 4.79 Å². The standard InChI is InChI=1S/C16H11ClN2OS/c17-12-5-3-4-11(8-12)9-18-19-16(20)14-10-21-15-7-2-1-6-13(14)15/h1-10H,(H,19,20)/b18-9+. The summed E-state index contributed by atoms with van der Waals surface area (Å²) in [5.41, 5.74) is 4.01. The predicted molar refractivity (Wildman–Crippen MR) is 88.3 cm³/mol. The molecule has 3 nitrogen and oxygen atoms in total. The van der Waals surface area contributed by atoms with Crippen LogP contribution in [0.25, 0.3) is 10.1 Å². The van der Waals surface area contributed by atoms with Gasteiger partial charge in [0.05, 0.1) is 11.8 Å². The van der Waals surface area contributed by atoms with Crippen molar-refractivity contribution in [1.29, 1.82) is 0 Å². The summed E-state index contributed by atoms with van der Waals surface area (Å²) in [5, 5.41) is 7.39. The second kappa shape index (κ2) is 6.08. The molecular weight excluding hydrogens is 304 g/mol. The molecule has 1 heterocycles. The molecule has 0 aliphatic heterocycles. The van der Waals surface area contributed by atoms with Gasteiger partial charge in [0.1, 0.15) is 0 Å². The van der Waals surface area contributed by atoms with E-state index in [9.17, 15) is 4.79 Å². The zero-order valence-electron chi connectivity index (χ0n) is 10.9. The van der Waals surface area contributed by atoms with E-state index in [1.807, 2.05) is 41.8 Å². The number of hydrazone groups is 1. The number of fused-ring (bicyclic) bond motifs is 1. The van der Waals surface area contributed by atoms with Crippen LogP contribution >= 0.6 is 22.9 Å². The van der Waals surface area contributed by atoms with Crippen LogP contribution in [-0.4, -0.2) is 12.1 Å². The van der Waals surface area contributed by atoms with E-state index in [-0.39, 0.29) is 5.91 Å². The number of carbonyl (C=O) groups is 1. The average Bonchev–Trinajstić information content (AvgIpc) is 2.91. The first-order valence-electron chi connectivity index (χ1n) is 6.29. The topological polar surface area (TPSA) is 41.5 Å². The Balaban J connectivity index is 1.75. The van der Waals surface area contributed by atoms with Crippen LogP contribution in [0.3, 0.4) is 0 Å². The molecule has 0 unspecified atom stereocenters. The van der Waals surface area contributed by atoms with Gasteiger partial charge in [0.15, 0.2) is 0 Å². The molecule has 21 heavy (non-hydrogen) atoms. The quantitative estimate of drug-likeness (QED) is 0.568. The number of benzene rings is 2. The van der Waals surface area contributed by atoms with Crippen LogP contribution in [0.4, 0.5) is 0 Å². The fourth-order valence-corrected chi connectivity index (χ4v) is 3.11. The zero-order chi connectivity index (χ0) is 14.7. The van der Waals surface area contributed by atoms with Gasteiger partial charge in [0, 0.05) is 20.5 Å². The summed E-state index contributed by atoms with van der Waals surface area (Å²) in [4.78, 5) is 12.1. The summed E-state index contributed by atoms with van der Waals surface area (Å²) in [7, 11) is 0. The summed E-state index contributed by atoms with van der Waals surface area (Å²) in [6.45, 7) is 0. The van der Waals surface area contributed by atoms with Gasteiger partial charge in [-0.25, -0.2) is 5.43 Å². The molecule has 1 amide bonds. The maximum atomic E-state index is 12.1. The maximum absolute atomic E-state index is 12.1. The number of nitrogens with zero attached hydrogens (tertiary/aromatic N) is 1. The highest BCUT2D eigenvalue weighted by Gasteiger charge is 2.10. The van der Waals surface area contributed by atoms with E-state index in [4.69, 9.17) is 11.6 Å². The molecule has 0 fully saturated rings. The molecule has 0 bridgehead atoms. The molecule has 3 aromatic rings. The number of amides is 1. The largest absolute Gasteiger partial charge is 0.272 e. The summed E-state index contributed by atoms with van der Waals surface area (Å²) < 4.78 is 1.08. The third kappa shape index (κ3) is 3.12. The van der Waals surface area contributed by atoms with Crippen molar-refractivity contribution in [3.05, 3.63) is 70.1 Å². The third-order valence-corrected chi connectivity index (χ3v) is 4.15. The van der Waals surface area contributed by atoms with Crippen molar-refractivity contribution in [1.82, 2.24) is 5.43 Å². The Hall–Kier alpha value is -2.17. The molecule has 0 aliphatic carbocycles. The highest BCUT2D eigenvalue weighted by Crippen LogP contribution is 2.25. The molecule has 2 aromatic carbocycles. The predicted octanol–water partition coefficient (Wildman–Crippen LogP) is 4.32. The van der Waals surface area contributed by atoms with Gasteiger partial charge < -0.3 is 0 Å². The SMILES string of the molecule is O=C(N/N=C/c1cccc(Cl)c1)c1csc2ccccc12. The first-order chi connectivity index (χ1) is 10.2. The van der Waals surface area contributed by atoms with Crippen LogP contribution in [0.2, 0.25) is 5.02 Å². The lowest BCUT2D eigenvalue weighted by Crippen LogP contribution is -2.17. The van der Waals surface area contributed by atoms with Gasteiger partial charge >= 0.3 is 0 Å². The Bertz CT molecular complexity index is 826. The van der Waals surface area contributed by atoms with E-state index in [0.29, 0.717) is 10.6 Å². The van der Waals surface area contributed by atoms with Crippen molar-refractivity contribution in [2.45, 2.75) is 0 Å². The smallest absolute Gasteiger partial charge is 0.267 e. The third-order valence-electron chi connectivity index (χ3n) is 2.95. The minimum absolute atomic E-state index is 0.217. The van der Waals surface area contributed by atoms with Gasteiger partial charge in [-0.1, -0.05) is 41.9 Å². The van der Waals surface area contributed by atoms with Gasteiger partial charge in [0.25, 0.3) is 5.91 Å². The van der Waals surface area contributed by atoms with Crippen molar-refractivity contribution in [2.75, 3.05) is 0 Å². The minimum Gasteiger partial charge on any atom is -0.267 e. The maximum Gasteiger partial charge on any atom is 0.272 e. The number of hydrogen-bond donors (Lipinski definition) is 1. The van der Waals surface area contributed by atoms with E-state index >= 15 is 0 Å². The molecule has 0 aliphatic rings. The van der Waals surface area contributed by atoms with Crippen molar-refractivity contribution in [3.8, 4) is 0 Å². The van der Waals surface area contributed by atoms with E-state index < -0.39 is 0 Å². The Labute approximate surface area is 130 Å². The zero-order valence-corrected chi connectivity index (χ0v) is 12.5. The van der Waals surface area contributed by atoms with Gasteiger partial charge in [-0.05, 0) is 23.8 Å². The summed E-state index contributed by atoms with van der Waals surface area (Å²) in [6.07, 6.45) is 1.57. The van der Waals surface area contributed by atoms with Crippen LogP contribution < -0.4 is 5.43 Å². The highest BCUT2D eigenvalue weighted by atomic mass is 35.5. The number of halogens is 1. The Morgan fingerprint density at radius 1 is 1.19 bits per heavy atom. The second-order valence-corrected chi connectivity index (χ2v) is 5.75. The van der Waals surface area contributed by atoms with E-state index in [1.165, 1.54) is 0 Å². The number of hydrogen-bond acceptors (Lipinski definition) is 3. The molecule has 0 saturated carbocycles. The molecule has 1 N–H and O–H groups in total. The van der Waals surface area contributed by atoms with Crippen LogP contribution in [0.5, 0.6) is 0 Å². The molecule has 3 rings (SSSR count). The van der Waals surface area contributed by atoms with Gasteiger partial charge in [-0.15, -0.1) is 11.3 Å².